The number of carbonyl (C=O) groups is 3. The number of hydrogen-bond donors (Lipinski definition) is 3. The van der Waals surface area contributed by atoms with Crippen molar-refractivity contribution in [2.24, 2.45) is 5.41 Å². The lowest BCUT2D eigenvalue weighted by Crippen LogP contribution is -2.48. The van der Waals surface area contributed by atoms with E-state index in [0.717, 1.165) is 5.56 Å². The van der Waals surface area contributed by atoms with Gasteiger partial charge in [-0.1, -0.05) is 35.3 Å². The Hall–Kier alpha value is -2.90. The normalized spacial score (nSPS) is 15.6. The van der Waals surface area contributed by atoms with Crippen molar-refractivity contribution in [3.05, 3.63) is 69.6 Å². The second kappa shape index (κ2) is 8.45. The average Bonchev–Trinajstić information content (AvgIpc) is 2.68. The molecule has 1 aromatic heterocycles. The maximum atomic E-state index is 12.4. The maximum Gasteiger partial charge on any atom is 0.326 e. The lowest BCUT2D eigenvalue weighted by molar-refractivity contribution is -0.139. The maximum absolute atomic E-state index is 12.4. The highest BCUT2D eigenvalue weighted by Crippen LogP contribution is 2.35. The molecule has 2 aromatic rings. The van der Waals surface area contributed by atoms with E-state index in [2.05, 4.69) is 15.6 Å². The van der Waals surface area contributed by atoms with Gasteiger partial charge in [0.15, 0.2) is 5.78 Å². The quantitative estimate of drug-likeness (QED) is 0.596. The summed E-state index contributed by atoms with van der Waals surface area (Å²) in [5, 5.41) is 15.4. The summed E-state index contributed by atoms with van der Waals surface area (Å²) in [5.41, 5.74) is 1.28. The minimum atomic E-state index is -1.02. The summed E-state index contributed by atoms with van der Waals surface area (Å²) in [6.45, 7) is 3.49. The third-order valence-corrected chi connectivity index (χ3v) is 5.50. The van der Waals surface area contributed by atoms with E-state index in [1.807, 2.05) is 0 Å². The zero-order valence-electron chi connectivity index (χ0n) is 16.2. The minimum Gasteiger partial charge on any atom is -0.480 e. The standard InChI is InChI=1S/C21H19Cl2N3O4/c1-21(2)16(8-17(21)27)26-15(20(29)30)7-11-3-5-12(6-4-11)25-19(28)18-13(22)9-24-10-14(18)23/h3-6,8-10,15,26H,7H2,1-2H3,(H,25,28)(H,29,30)/t15-/m0/s1. The van der Waals surface area contributed by atoms with E-state index < -0.39 is 23.3 Å². The van der Waals surface area contributed by atoms with Crippen LogP contribution in [0.25, 0.3) is 0 Å². The Kier molecular flexibility index (Phi) is 6.14. The van der Waals surface area contributed by atoms with Gasteiger partial charge in [0.05, 0.1) is 21.0 Å². The Bertz CT molecular complexity index is 1030. The summed E-state index contributed by atoms with van der Waals surface area (Å²) in [5.74, 6) is -1.54. The van der Waals surface area contributed by atoms with Crippen molar-refractivity contribution in [3.8, 4) is 0 Å². The van der Waals surface area contributed by atoms with Gasteiger partial charge >= 0.3 is 5.97 Å². The van der Waals surface area contributed by atoms with Crippen molar-refractivity contribution in [1.29, 1.82) is 0 Å². The number of halogens is 2. The van der Waals surface area contributed by atoms with Gasteiger partial charge in [0.25, 0.3) is 5.91 Å². The molecule has 30 heavy (non-hydrogen) atoms. The van der Waals surface area contributed by atoms with Gasteiger partial charge in [-0.25, -0.2) is 4.79 Å². The topological polar surface area (TPSA) is 108 Å². The number of anilines is 1. The minimum absolute atomic E-state index is 0.0383. The first kappa shape index (κ1) is 21.8. The van der Waals surface area contributed by atoms with Crippen molar-refractivity contribution in [3.63, 3.8) is 0 Å². The highest BCUT2D eigenvalue weighted by atomic mass is 35.5. The van der Waals surface area contributed by atoms with Gasteiger partial charge in [-0.15, -0.1) is 0 Å². The SMILES string of the molecule is CC1(C)C(=O)C=C1N[C@@H](Cc1ccc(NC(=O)c2c(Cl)cncc2Cl)cc1)C(=O)O. The summed E-state index contributed by atoms with van der Waals surface area (Å²) in [4.78, 5) is 39.5. The molecule has 3 rings (SSSR count). The van der Waals surface area contributed by atoms with Crippen LogP contribution in [0.5, 0.6) is 0 Å². The molecule has 3 N–H and O–H groups in total. The molecule has 1 aliphatic carbocycles. The van der Waals surface area contributed by atoms with Gasteiger partial charge in [-0.3, -0.25) is 14.6 Å². The largest absolute Gasteiger partial charge is 0.480 e. The number of hydrogen-bond acceptors (Lipinski definition) is 5. The zero-order valence-corrected chi connectivity index (χ0v) is 17.7. The molecule has 0 saturated heterocycles. The molecule has 0 unspecified atom stereocenters. The van der Waals surface area contributed by atoms with Crippen LogP contribution in [0, 0.1) is 5.41 Å². The van der Waals surface area contributed by atoms with Crippen LogP contribution in [-0.2, 0) is 16.0 Å². The number of carboxylic acids is 1. The Labute approximate surface area is 183 Å². The van der Waals surface area contributed by atoms with Crippen LogP contribution >= 0.6 is 23.2 Å². The third kappa shape index (κ3) is 4.47. The molecule has 156 valence electrons. The second-order valence-corrected chi connectivity index (χ2v) is 8.23. The number of aliphatic carboxylic acids is 1. The van der Waals surface area contributed by atoms with Crippen molar-refractivity contribution in [2.45, 2.75) is 26.3 Å². The number of nitrogens with one attached hydrogen (secondary N) is 2. The summed E-state index contributed by atoms with van der Waals surface area (Å²) in [6, 6.07) is 5.86. The van der Waals surface area contributed by atoms with Crippen LogP contribution in [0.2, 0.25) is 10.0 Å². The number of nitrogens with zero attached hydrogens (tertiary/aromatic N) is 1. The lowest BCUT2D eigenvalue weighted by atomic mass is 9.74. The average molecular weight is 448 g/mol. The molecule has 0 spiro atoms. The molecule has 1 aliphatic rings. The van der Waals surface area contributed by atoms with E-state index in [1.165, 1.54) is 18.5 Å². The van der Waals surface area contributed by atoms with E-state index in [0.29, 0.717) is 11.4 Å². The van der Waals surface area contributed by atoms with Crippen LogP contribution < -0.4 is 10.6 Å². The molecular formula is C21H19Cl2N3O4. The van der Waals surface area contributed by atoms with Gasteiger partial charge in [0, 0.05) is 36.3 Å². The number of amides is 1. The van der Waals surface area contributed by atoms with Crippen LogP contribution in [0.3, 0.4) is 0 Å². The number of aromatic nitrogens is 1. The smallest absolute Gasteiger partial charge is 0.326 e. The molecule has 1 atom stereocenters. The summed E-state index contributed by atoms with van der Waals surface area (Å²) < 4.78 is 0. The van der Waals surface area contributed by atoms with E-state index in [-0.39, 0.29) is 27.8 Å². The highest BCUT2D eigenvalue weighted by molar-refractivity contribution is 6.40. The van der Waals surface area contributed by atoms with E-state index in [1.54, 1.807) is 38.1 Å². The van der Waals surface area contributed by atoms with Gasteiger partial charge in [-0.2, -0.15) is 0 Å². The van der Waals surface area contributed by atoms with Crippen LogP contribution in [-0.4, -0.2) is 33.8 Å². The number of benzene rings is 1. The third-order valence-electron chi connectivity index (χ3n) is 4.92. The van der Waals surface area contributed by atoms with Crippen LogP contribution in [0.1, 0.15) is 29.8 Å². The van der Waals surface area contributed by atoms with Gasteiger partial charge in [-0.05, 0) is 31.5 Å². The predicted molar refractivity (Wildman–Crippen MR) is 114 cm³/mol. The van der Waals surface area contributed by atoms with E-state index >= 15 is 0 Å². The molecule has 9 heteroatoms. The Morgan fingerprint density at radius 2 is 1.73 bits per heavy atom. The van der Waals surface area contributed by atoms with Gasteiger partial charge in [0.2, 0.25) is 0 Å². The number of rotatable bonds is 7. The summed E-state index contributed by atoms with van der Waals surface area (Å²) >= 11 is 12.0. The molecule has 0 bridgehead atoms. The number of allylic oxidation sites excluding steroid dienone is 2. The molecule has 7 nitrogen and oxygen atoms in total. The highest BCUT2D eigenvalue weighted by Gasteiger charge is 2.40. The molecule has 0 saturated carbocycles. The fraction of sp³-hybridized carbons (Fsp3) is 0.238. The Morgan fingerprint density at radius 3 is 2.23 bits per heavy atom. The number of pyridine rings is 1. The number of ketones is 1. The van der Waals surface area contributed by atoms with Crippen molar-refractivity contribution >= 4 is 46.5 Å². The fourth-order valence-electron chi connectivity index (χ4n) is 2.94. The first-order valence-electron chi connectivity index (χ1n) is 9.05. The lowest BCUT2D eigenvalue weighted by Gasteiger charge is -2.35. The van der Waals surface area contributed by atoms with E-state index in [9.17, 15) is 19.5 Å². The van der Waals surface area contributed by atoms with Crippen LogP contribution in [0.4, 0.5) is 5.69 Å². The summed E-state index contributed by atoms with van der Waals surface area (Å²) in [6.07, 6.45) is 4.28. The molecule has 0 aliphatic heterocycles. The first-order chi connectivity index (χ1) is 14.1. The van der Waals surface area contributed by atoms with Crippen molar-refractivity contribution in [2.75, 3.05) is 5.32 Å². The predicted octanol–water partition coefficient (Wildman–Crippen LogP) is 3.72. The molecule has 1 amide bonds. The molecule has 1 aromatic carbocycles. The molecule has 1 heterocycles. The monoisotopic (exact) mass is 447 g/mol. The fourth-order valence-corrected chi connectivity index (χ4v) is 3.47. The zero-order chi connectivity index (χ0) is 22.1. The number of carboxylic acid groups (broad SMARTS) is 1. The Balaban J connectivity index is 1.67. The van der Waals surface area contributed by atoms with Crippen LogP contribution in [0.15, 0.2) is 48.4 Å². The van der Waals surface area contributed by atoms with E-state index in [4.69, 9.17) is 23.2 Å². The number of carbonyl (C=O) groups excluding carboxylic acids is 2. The second-order valence-electron chi connectivity index (χ2n) is 7.42. The molecule has 0 radical (unpaired) electrons. The van der Waals surface area contributed by atoms with Crippen molar-refractivity contribution < 1.29 is 19.5 Å². The molecular weight excluding hydrogens is 429 g/mol. The molecule has 0 fully saturated rings. The first-order valence-corrected chi connectivity index (χ1v) is 9.80. The summed E-state index contributed by atoms with van der Waals surface area (Å²) in [7, 11) is 0. The van der Waals surface area contributed by atoms with Gasteiger partial charge < -0.3 is 15.7 Å². The van der Waals surface area contributed by atoms with Crippen molar-refractivity contribution in [1.82, 2.24) is 10.3 Å². The Morgan fingerprint density at radius 1 is 1.13 bits per heavy atom. The van der Waals surface area contributed by atoms with Gasteiger partial charge in [0.1, 0.15) is 6.04 Å².